The normalized spacial score (nSPS) is 13.2. The summed E-state index contributed by atoms with van der Waals surface area (Å²) in [6.45, 7) is 1.18. The number of nitrogens with one attached hydrogen (secondary N) is 2. The number of amides is 2. The zero-order valence-corrected chi connectivity index (χ0v) is 17.6. The van der Waals surface area contributed by atoms with Crippen molar-refractivity contribution in [3.8, 4) is 0 Å². The molecule has 31 heavy (non-hydrogen) atoms. The third-order valence-electron chi connectivity index (χ3n) is 4.30. The Balaban J connectivity index is 3.18. The molecule has 0 saturated carbocycles. The Morgan fingerprint density at radius 2 is 1.61 bits per heavy atom. The summed E-state index contributed by atoms with van der Waals surface area (Å²) in [5.41, 5.74) is 0.405. The third kappa shape index (κ3) is 8.03. The predicted octanol–water partition coefficient (Wildman–Crippen LogP) is -0.117. The summed E-state index contributed by atoms with van der Waals surface area (Å²) < 4.78 is 27.3. The van der Waals surface area contributed by atoms with Gasteiger partial charge in [-0.15, -0.1) is 0 Å². The van der Waals surface area contributed by atoms with Crippen LogP contribution >= 0.6 is 0 Å². The van der Waals surface area contributed by atoms with Gasteiger partial charge in [0.25, 0.3) is 0 Å². The van der Waals surface area contributed by atoms with Gasteiger partial charge in [0.2, 0.25) is 11.8 Å². The minimum absolute atomic E-state index is 0.100. The Morgan fingerprint density at radius 3 is 2.13 bits per heavy atom. The van der Waals surface area contributed by atoms with Crippen LogP contribution in [-0.4, -0.2) is 63.1 Å². The molecule has 170 valence electrons. The largest absolute Gasteiger partial charge is 0.469 e. The van der Waals surface area contributed by atoms with E-state index in [1.165, 1.54) is 25.1 Å². The highest BCUT2D eigenvalue weighted by molar-refractivity contribution is 5.94. The Labute approximate surface area is 178 Å². The smallest absolute Gasteiger partial charge is 0.329 e. The van der Waals surface area contributed by atoms with Gasteiger partial charge >= 0.3 is 17.9 Å². The topological polar surface area (TPSA) is 137 Å². The van der Waals surface area contributed by atoms with Crippen LogP contribution in [0.4, 0.5) is 4.39 Å². The number of benzene rings is 1. The van der Waals surface area contributed by atoms with Crippen molar-refractivity contribution in [3.05, 3.63) is 35.6 Å². The number of hydrogen-bond donors (Lipinski definition) is 2. The predicted molar refractivity (Wildman–Crippen MR) is 104 cm³/mol. The van der Waals surface area contributed by atoms with Crippen LogP contribution in [0.1, 0.15) is 18.9 Å². The molecule has 0 spiro atoms. The van der Waals surface area contributed by atoms with Crippen molar-refractivity contribution in [2.75, 3.05) is 21.3 Å². The standard InChI is InChI=1S/C20H25FN2O8/c1-11(24)22-15(9-12-6-5-7-13(21)8-12)18(26)23-17(20(28)31-4)14(19(27)30-3)10-16(25)29-2/h5-8,14-15,17H,9-10H2,1-4H3,(H,22,24)(H,23,26)/t14-,15+,17-/m1/s1. The van der Waals surface area contributed by atoms with Crippen LogP contribution < -0.4 is 10.6 Å². The number of carbonyl (C=O) groups excluding carboxylic acids is 5. The maximum atomic E-state index is 13.5. The number of halogens is 1. The molecule has 3 atom stereocenters. The van der Waals surface area contributed by atoms with Crippen molar-refractivity contribution in [3.63, 3.8) is 0 Å². The van der Waals surface area contributed by atoms with Crippen LogP contribution in [0.2, 0.25) is 0 Å². The van der Waals surface area contributed by atoms with E-state index < -0.39 is 60.0 Å². The van der Waals surface area contributed by atoms with Gasteiger partial charge in [0.05, 0.1) is 33.7 Å². The monoisotopic (exact) mass is 440 g/mol. The molecule has 0 aliphatic heterocycles. The summed E-state index contributed by atoms with van der Waals surface area (Å²) in [7, 11) is 3.17. The molecular weight excluding hydrogens is 415 g/mol. The van der Waals surface area contributed by atoms with Crippen molar-refractivity contribution < 1.29 is 42.6 Å². The van der Waals surface area contributed by atoms with Gasteiger partial charge in [-0.2, -0.15) is 0 Å². The fraction of sp³-hybridized carbons (Fsp3) is 0.450. The van der Waals surface area contributed by atoms with E-state index in [1.807, 2.05) is 0 Å². The van der Waals surface area contributed by atoms with Gasteiger partial charge in [-0.05, 0) is 17.7 Å². The second-order valence-corrected chi connectivity index (χ2v) is 6.51. The van der Waals surface area contributed by atoms with Gasteiger partial charge in [-0.3, -0.25) is 19.2 Å². The lowest BCUT2D eigenvalue weighted by molar-refractivity contribution is -0.159. The average molecular weight is 440 g/mol. The first kappa shape index (κ1) is 25.5. The van der Waals surface area contributed by atoms with E-state index in [1.54, 1.807) is 6.07 Å². The minimum Gasteiger partial charge on any atom is -0.469 e. The molecule has 2 amide bonds. The lowest BCUT2D eigenvalue weighted by Crippen LogP contribution is -2.56. The van der Waals surface area contributed by atoms with Crippen LogP contribution in [0.15, 0.2) is 24.3 Å². The summed E-state index contributed by atoms with van der Waals surface area (Å²) in [6.07, 6.45) is -0.672. The number of rotatable bonds is 10. The van der Waals surface area contributed by atoms with Crippen LogP contribution in [0.25, 0.3) is 0 Å². The van der Waals surface area contributed by atoms with Crippen molar-refractivity contribution in [1.82, 2.24) is 10.6 Å². The molecule has 0 fully saturated rings. The first-order valence-electron chi connectivity index (χ1n) is 9.17. The molecule has 1 aromatic carbocycles. The zero-order chi connectivity index (χ0) is 23.6. The van der Waals surface area contributed by atoms with E-state index in [0.29, 0.717) is 5.56 Å². The summed E-state index contributed by atoms with van der Waals surface area (Å²) in [5.74, 6) is -6.17. The molecule has 0 unspecified atom stereocenters. The number of methoxy groups -OCH3 is 3. The van der Waals surface area contributed by atoms with Crippen molar-refractivity contribution in [2.24, 2.45) is 5.92 Å². The molecule has 0 saturated heterocycles. The molecule has 0 aromatic heterocycles. The fourth-order valence-electron chi connectivity index (χ4n) is 2.81. The lowest BCUT2D eigenvalue weighted by Gasteiger charge is -2.26. The van der Waals surface area contributed by atoms with E-state index in [9.17, 15) is 28.4 Å². The fourth-order valence-corrected chi connectivity index (χ4v) is 2.81. The third-order valence-corrected chi connectivity index (χ3v) is 4.30. The zero-order valence-electron chi connectivity index (χ0n) is 17.6. The summed E-state index contributed by atoms with van der Waals surface area (Å²) in [5, 5.41) is 4.73. The first-order valence-corrected chi connectivity index (χ1v) is 9.17. The molecule has 2 N–H and O–H groups in total. The molecule has 0 radical (unpaired) electrons. The molecule has 11 heteroatoms. The summed E-state index contributed by atoms with van der Waals surface area (Å²) in [4.78, 5) is 60.6. The molecule has 1 rings (SSSR count). The lowest BCUT2D eigenvalue weighted by atomic mass is 9.95. The van der Waals surface area contributed by atoms with E-state index in [2.05, 4.69) is 24.8 Å². The van der Waals surface area contributed by atoms with Crippen LogP contribution in [0, 0.1) is 11.7 Å². The highest BCUT2D eigenvalue weighted by Gasteiger charge is 2.39. The Morgan fingerprint density at radius 1 is 0.968 bits per heavy atom. The van der Waals surface area contributed by atoms with E-state index in [-0.39, 0.29) is 6.42 Å². The first-order chi connectivity index (χ1) is 14.6. The number of carbonyl (C=O) groups is 5. The highest BCUT2D eigenvalue weighted by atomic mass is 19.1. The van der Waals surface area contributed by atoms with Crippen LogP contribution in [0.5, 0.6) is 0 Å². The van der Waals surface area contributed by atoms with E-state index in [4.69, 9.17) is 0 Å². The van der Waals surface area contributed by atoms with Crippen LogP contribution in [-0.2, 0) is 44.6 Å². The quantitative estimate of drug-likeness (QED) is 0.380. The van der Waals surface area contributed by atoms with Gasteiger partial charge in [0.1, 0.15) is 17.9 Å². The van der Waals surface area contributed by atoms with Crippen LogP contribution in [0.3, 0.4) is 0 Å². The average Bonchev–Trinajstić information content (AvgIpc) is 2.73. The van der Waals surface area contributed by atoms with Crippen molar-refractivity contribution in [1.29, 1.82) is 0 Å². The van der Waals surface area contributed by atoms with Gasteiger partial charge in [-0.1, -0.05) is 12.1 Å². The maximum absolute atomic E-state index is 13.5. The Bertz CT molecular complexity index is 829. The second kappa shape index (κ2) is 12.3. The minimum atomic E-state index is -1.60. The number of esters is 3. The summed E-state index contributed by atoms with van der Waals surface area (Å²) >= 11 is 0. The SMILES string of the molecule is COC(=O)C[C@@H](C(=O)OC)[C@@H](NC(=O)[C@H](Cc1cccc(F)c1)NC(C)=O)C(=O)OC. The maximum Gasteiger partial charge on any atom is 0.329 e. The second-order valence-electron chi connectivity index (χ2n) is 6.51. The molecule has 10 nitrogen and oxygen atoms in total. The molecule has 1 aromatic rings. The van der Waals surface area contributed by atoms with Crippen molar-refractivity contribution >= 4 is 29.7 Å². The molecule has 0 aliphatic rings. The number of hydrogen-bond acceptors (Lipinski definition) is 8. The van der Waals surface area contributed by atoms with Gasteiger partial charge in [0.15, 0.2) is 0 Å². The van der Waals surface area contributed by atoms with Crippen molar-refractivity contribution in [2.45, 2.75) is 31.8 Å². The Hall–Kier alpha value is -3.50. The van der Waals surface area contributed by atoms with E-state index in [0.717, 1.165) is 21.3 Å². The molecule has 0 bridgehead atoms. The molecule has 0 heterocycles. The van der Waals surface area contributed by atoms with Gasteiger partial charge < -0.3 is 24.8 Å². The van der Waals surface area contributed by atoms with Gasteiger partial charge in [0, 0.05) is 13.3 Å². The number of ether oxygens (including phenoxy) is 3. The molecular formula is C20H25FN2O8. The van der Waals surface area contributed by atoms with Gasteiger partial charge in [-0.25, -0.2) is 9.18 Å². The highest BCUT2D eigenvalue weighted by Crippen LogP contribution is 2.15. The Kier molecular flexibility index (Phi) is 10.1. The summed E-state index contributed by atoms with van der Waals surface area (Å²) in [6, 6.07) is 2.59. The van der Waals surface area contributed by atoms with E-state index >= 15 is 0 Å². The molecule has 0 aliphatic carbocycles.